The smallest absolute Gasteiger partial charge is 0.186 e. The fraction of sp³-hybridized carbons (Fsp3) is 0.600. The normalized spacial score (nSPS) is 32.2. The van der Waals surface area contributed by atoms with E-state index in [1.807, 2.05) is 24.3 Å². The molecule has 0 radical (unpaired) electrons. The zero-order valence-corrected chi connectivity index (χ0v) is 23.3. The lowest BCUT2D eigenvalue weighted by molar-refractivity contribution is -0.319. The Balaban J connectivity index is 1.36. The van der Waals surface area contributed by atoms with Gasteiger partial charge in [0.1, 0.15) is 47.6 Å². The van der Waals surface area contributed by atoms with Crippen LogP contribution >= 0.6 is 0 Å². The van der Waals surface area contributed by atoms with E-state index >= 15 is 0 Å². The van der Waals surface area contributed by atoms with Crippen LogP contribution in [0.1, 0.15) is 36.8 Å². The average Bonchev–Trinajstić information content (AvgIpc) is 3.28. The molecule has 0 saturated carbocycles. The predicted molar refractivity (Wildman–Crippen MR) is 147 cm³/mol. The van der Waals surface area contributed by atoms with Gasteiger partial charge in [0.25, 0.3) is 0 Å². The zero-order chi connectivity index (χ0) is 30.3. The number of hydrogen-bond donors (Lipinski definition) is 8. The number of phenolic OH excluding ortho intramolecular Hbond substituents is 2. The lowest BCUT2D eigenvalue weighted by Crippen LogP contribution is -2.60. The summed E-state index contributed by atoms with van der Waals surface area (Å²) >= 11 is 0. The van der Waals surface area contributed by atoms with Crippen LogP contribution in [0.15, 0.2) is 48.5 Å². The Kier molecular flexibility index (Phi) is 11.5. The first-order valence-electron chi connectivity index (χ1n) is 14.2. The molecule has 2 aromatic carbocycles. The number of rotatable bonds is 14. The maximum atomic E-state index is 10.7. The number of ether oxygens (including phenoxy) is 4. The van der Waals surface area contributed by atoms with Crippen molar-refractivity contribution in [1.29, 1.82) is 0 Å². The first-order valence-corrected chi connectivity index (χ1v) is 14.2. The molecule has 4 rings (SSSR count). The SMILES string of the molecule is OC[C@@]1(O)CO[C@H](OC[C@H]2O[C@@H](O[C@@H](CCCCc3ccc(O)cc3)CCc3ccc(O)cc3)[C@H](O)[C@@H](O)[C@@H]2O)[C@@H]1O. The van der Waals surface area contributed by atoms with Crippen molar-refractivity contribution in [1.82, 2.24) is 0 Å². The fourth-order valence-electron chi connectivity index (χ4n) is 5.12. The Bertz CT molecular complexity index is 1080. The highest BCUT2D eigenvalue weighted by atomic mass is 16.7. The second-order valence-corrected chi connectivity index (χ2v) is 11.1. The number of phenols is 2. The molecule has 234 valence electrons. The molecule has 2 fully saturated rings. The molecule has 0 unspecified atom stereocenters. The largest absolute Gasteiger partial charge is 0.508 e. The maximum absolute atomic E-state index is 10.7. The number of aryl methyl sites for hydroxylation is 2. The van der Waals surface area contributed by atoms with Gasteiger partial charge in [-0.3, -0.25) is 0 Å². The number of hydrogen-bond acceptors (Lipinski definition) is 12. The number of aliphatic hydroxyl groups is 6. The van der Waals surface area contributed by atoms with E-state index < -0.39 is 55.3 Å². The van der Waals surface area contributed by atoms with Crippen LogP contribution in [0.5, 0.6) is 11.5 Å². The summed E-state index contributed by atoms with van der Waals surface area (Å²) < 4.78 is 22.7. The molecule has 8 N–H and O–H groups in total. The highest BCUT2D eigenvalue weighted by Crippen LogP contribution is 2.29. The van der Waals surface area contributed by atoms with Crippen LogP contribution in [0.3, 0.4) is 0 Å². The van der Waals surface area contributed by atoms with Gasteiger partial charge in [-0.15, -0.1) is 0 Å². The van der Waals surface area contributed by atoms with E-state index in [1.54, 1.807) is 24.3 Å². The van der Waals surface area contributed by atoms with Crippen LogP contribution in [-0.4, -0.2) is 115 Å². The van der Waals surface area contributed by atoms with E-state index in [9.17, 15) is 40.9 Å². The third kappa shape index (κ3) is 8.38. The van der Waals surface area contributed by atoms with Gasteiger partial charge in [-0.1, -0.05) is 30.7 Å². The minimum Gasteiger partial charge on any atom is -0.508 e. The molecular weight excluding hydrogens is 552 g/mol. The van der Waals surface area contributed by atoms with Gasteiger partial charge < -0.3 is 59.8 Å². The number of aliphatic hydroxyl groups excluding tert-OH is 5. The third-order valence-electron chi connectivity index (χ3n) is 7.87. The standard InChI is InChI=1S/C30H42O12/c31-16-30(38)17-40-29(27(30)37)39-15-23-24(34)25(35)26(36)28(42-23)41-22(14-9-19-7-12-21(33)13-8-19)4-2-1-3-18-5-10-20(32)11-6-18/h5-8,10-13,22-29,31-38H,1-4,9,14-17H2/t22-,23+,24+,25-,26+,27-,28+,29-,30+/m0/s1. The minimum atomic E-state index is -1.88. The highest BCUT2D eigenvalue weighted by Gasteiger charge is 2.50. The van der Waals surface area contributed by atoms with Crippen molar-refractivity contribution in [2.45, 2.75) is 93.3 Å². The molecule has 9 atom stereocenters. The summed E-state index contributed by atoms with van der Waals surface area (Å²) in [5.74, 6) is 0.374. The molecule has 12 heteroatoms. The Morgan fingerprint density at radius 1 is 0.786 bits per heavy atom. The first kappa shape index (κ1) is 32.6. The molecule has 0 aliphatic carbocycles. The van der Waals surface area contributed by atoms with Crippen LogP contribution in [0, 0.1) is 0 Å². The van der Waals surface area contributed by atoms with Crippen molar-refractivity contribution in [3.05, 3.63) is 59.7 Å². The van der Waals surface area contributed by atoms with Gasteiger partial charge in [-0.2, -0.15) is 0 Å². The molecule has 2 aliphatic heterocycles. The summed E-state index contributed by atoms with van der Waals surface area (Å²) in [6.07, 6.45) is -6.13. The predicted octanol–water partition coefficient (Wildman–Crippen LogP) is 0.0934. The van der Waals surface area contributed by atoms with Crippen molar-refractivity contribution in [2.75, 3.05) is 19.8 Å². The van der Waals surface area contributed by atoms with Crippen molar-refractivity contribution in [2.24, 2.45) is 0 Å². The van der Waals surface area contributed by atoms with Crippen molar-refractivity contribution in [3.8, 4) is 11.5 Å². The van der Waals surface area contributed by atoms with Crippen LogP contribution in [0.25, 0.3) is 0 Å². The molecule has 2 aromatic rings. The summed E-state index contributed by atoms with van der Waals surface area (Å²) in [6, 6.07) is 13.9. The summed E-state index contributed by atoms with van der Waals surface area (Å²) in [4.78, 5) is 0. The van der Waals surface area contributed by atoms with E-state index in [1.165, 1.54) is 0 Å². The molecular formula is C30H42O12. The third-order valence-corrected chi connectivity index (χ3v) is 7.87. The van der Waals surface area contributed by atoms with E-state index in [-0.39, 0.29) is 30.8 Å². The van der Waals surface area contributed by atoms with Crippen molar-refractivity contribution in [3.63, 3.8) is 0 Å². The van der Waals surface area contributed by atoms with E-state index in [0.29, 0.717) is 19.3 Å². The van der Waals surface area contributed by atoms with Gasteiger partial charge in [-0.25, -0.2) is 0 Å². The van der Waals surface area contributed by atoms with E-state index in [4.69, 9.17) is 18.9 Å². The van der Waals surface area contributed by atoms with Gasteiger partial charge in [0.15, 0.2) is 12.6 Å². The van der Waals surface area contributed by atoms with E-state index in [0.717, 1.165) is 30.4 Å². The van der Waals surface area contributed by atoms with Crippen LogP contribution in [-0.2, 0) is 31.8 Å². The second-order valence-electron chi connectivity index (χ2n) is 11.1. The molecule has 0 spiro atoms. The average molecular weight is 595 g/mol. The Labute approximate surface area is 244 Å². The topological polar surface area (TPSA) is 199 Å². The fourth-order valence-corrected chi connectivity index (χ4v) is 5.12. The second kappa shape index (κ2) is 14.9. The number of unbranched alkanes of at least 4 members (excludes halogenated alkanes) is 1. The molecule has 42 heavy (non-hydrogen) atoms. The summed E-state index contributed by atoms with van der Waals surface area (Å²) in [5, 5.41) is 80.5. The summed E-state index contributed by atoms with van der Waals surface area (Å²) in [6.45, 7) is -1.46. The zero-order valence-electron chi connectivity index (χ0n) is 23.3. The molecule has 0 bridgehead atoms. The molecule has 2 heterocycles. The summed E-state index contributed by atoms with van der Waals surface area (Å²) in [7, 11) is 0. The van der Waals surface area contributed by atoms with Crippen molar-refractivity contribution < 1.29 is 59.8 Å². The van der Waals surface area contributed by atoms with Gasteiger partial charge in [-0.05, 0) is 67.5 Å². The van der Waals surface area contributed by atoms with Crippen LogP contribution in [0.4, 0.5) is 0 Å². The molecule has 0 amide bonds. The number of benzene rings is 2. The lowest BCUT2D eigenvalue weighted by Gasteiger charge is -2.41. The monoisotopic (exact) mass is 594 g/mol. The number of aromatic hydroxyl groups is 2. The lowest BCUT2D eigenvalue weighted by atomic mass is 9.98. The van der Waals surface area contributed by atoms with Crippen molar-refractivity contribution >= 4 is 0 Å². The molecule has 0 aromatic heterocycles. The summed E-state index contributed by atoms with van der Waals surface area (Å²) in [5.41, 5.74) is 0.190. The van der Waals surface area contributed by atoms with E-state index in [2.05, 4.69) is 0 Å². The Morgan fingerprint density at radius 2 is 1.40 bits per heavy atom. The van der Waals surface area contributed by atoms with Crippen LogP contribution in [0.2, 0.25) is 0 Å². The van der Waals surface area contributed by atoms with Crippen LogP contribution < -0.4 is 0 Å². The minimum absolute atomic E-state index is 0.164. The Morgan fingerprint density at radius 3 is 2.00 bits per heavy atom. The Hall–Kier alpha value is -2.36. The molecule has 2 aliphatic rings. The van der Waals surface area contributed by atoms with Gasteiger partial charge in [0.2, 0.25) is 0 Å². The molecule has 12 nitrogen and oxygen atoms in total. The molecule has 2 saturated heterocycles. The maximum Gasteiger partial charge on any atom is 0.186 e. The first-order chi connectivity index (χ1) is 20.1. The highest BCUT2D eigenvalue weighted by molar-refractivity contribution is 5.26. The van der Waals surface area contributed by atoms with Gasteiger partial charge in [0.05, 0.1) is 25.9 Å². The van der Waals surface area contributed by atoms with Gasteiger partial charge in [0, 0.05) is 0 Å². The quantitative estimate of drug-likeness (QED) is 0.137. The van der Waals surface area contributed by atoms with Gasteiger partial charge >= 0.3 is 0 Å².